The van der Waals surface area contributed by atoms with Crippen molar-refractivity contribution < 1.29 is 14.3 Å². The summed E-state index contributed by atoms with van der Waals surface area (Å²) in [4.78, 5) is 31.5. The molecule has 0 spiro atoms. The van der Waals surface area contributed by atoms with Gasteiger partial charge in [0.15, 0.2) is 6.61 Å². The summed E-state index contributed by atoms with van der Waals surface area (Å²) in [6, 6.07) is 23.0. The van der Waals surface area contributed by atoms with Crippen LogP contribution in [0.15, 0.2) is 72.8 Å². The third-order valence-corrected chi connectivity index (χ3v) is 5.59. The number of hydrogen-bond donors (Lipinski definition) is 0. The van der Waals surface area contributed by atoms with E-state index in [9.17, 15) is 9.59 Å². The Kier molecular flexibility index (Phi) is 4.75. The number of aryl methyl sites for hydroxylation is 1. The molecule has 0 saturated carbocycles. The third-order valence-electron chi connectivity index (χ3n) is 5.59. The van der Waals surface area contributed by atoms with Crippen LogP contribution in [0.5, 0.6) is 0 Å². The van der Waals surface area contributed by atoms with Crippen LogP contribution in [0.4, 0.5) is 5.69 Å². The summed E-state index contributed by atoms with van der Waals surface area (Å²) in [5, 5.41) is 0. The van der Waals surface area contributed by atoms with E-state index in [0.717, 1.165) is 34.7 Å². The molecule has 0 saturated heterocycles. The lowest BCUT2D eigenvalue weighted by Crippen LogP contribution is -2.33. The summed E-state index contributed by atoms with van der Waals surface area (Å²) in [5.41, 5.74) is 5.03. The molecule has 0 N–H and O–H groups in total. The first-order valence-corrected chi connectivity index (χ1v) is 10.2. The van der Waals surface area contributed by atoms with Gasteiger partial charge in [-0.05, 0) is 55.3 Å². The molecule has 31 heavy (non-hydrogen) atoms. The smallest absolute Gasteiger partial charge is 0.338 e. The summed E-state index contributed by atoms with van der Waals surface area (Å²) in [6.07, 6.45) is 0.815. The van der Waals surface area contributed by atoms with Gasteiger partial charge < -0.3 is 9.64 Å². The first-order chi connectivity index (χ1) is 15.1. The number of benzene rings is 3. The highest BCUT2D eigenvalue weighted by atomic mass is 16.5. The molecule has 0 atom stereocenters. The Labute approximate surface area is 179 Å². The quantitative estimate of drug-likeness (QED) is 0.475. The largest absolute Gasteiger partial charge is 0.452 e. The van der Waals surface area contributed by atoms with Gasteiger partial charge in [0.25, 0.3) is 5.91 Å². The highest BCUT2D eigenvalue weighted by Gasteiger charge is 2.25. The first-order valence-electron chi connectivity index (χ1n) is 10.2. The van der Waals surface area contributed by atoms with Gasteiger partial charge in [0.2, 0.25) is 0 Å². The second kappa shape index (κ2) is 7.72. The van der Waals surface area contributed by atoms with E-state index in [-0.39, 0.29) is 12.5 Å². The van der Waals surface area contributed by atoms with E-state index in [1.54, 1.807) is 17.0 Å². The zero-order valence-electron chi connectivity index (χ0n) is 17.1. The molecule has 3 aromatic carbocycles. The minimum absolute atomic E-state index is 0.219. The molecular weight excluding hydrogens is 390 g/mol. The van der Waals surface area contributed by atoms with Crippen molar-refractivity contribution in [2.24, 2.45) is 0 Å². The van der Waals surface area contributed by atoms with Gasteiger partial charge >= 0.3 is 5.97 Å². The number of esters is 1. The molecule has 0 radical (unpaired) electrons. The maximum absolute atomic E-state index is 12.6. The minimum Gasteiger partial charge on any atom is -0.452 e. The van der Waals surface area contributed by atoms with Gasteiger partial charge in [-0.2, -0.15) is 0 Å². The number of nitrogens with zero attached hydrogens (tertiary/aromatic N) is 3. The number of anilines is 1. The van der Waals surface area contributed by atoms with E-state index < -0.39 is 5.97 Å². The fourth-order valence-corrected chi connectivity index (χ4v) is 4.12. The predicted octanol–water partition coefficient (Wildman–Crippen LogP) is 4.08. The van der Waals surface area contributed by atoms with E-state index >= 15 is 0 Å². The van der Waals surface area contributed by atoms with Crippen molar-refractivity contribution in [1.29, 1.82) is 0 Å². The van der Waals surface area contributed by atoms with Crippen LogP contribution in [0.25, 0.3) is 16.7 Å². The van der Waals surface area contributed by atoms with E-state index in [1.807, 2.05) is 72.2 Å². The van der Waals surface area contributed by atoms with Crippen LogP contribution in [0.2, 0.25) is 0 Å². The van der Waals surface area contributed by atoms with Gasteiger partial charge in [-0.25, -0.2) is 9.78 Å². The molecular formula is C25H21N3O3. The second-order valence-corrected chi connectivity index (χ2v) is 7.53. The number of imidazole rings is 1. The van der Waals surface area contributed by atoms with Gasteiger partial charge in [0.1, 0.15) is 5.82 Å². The fraction of sp³-hybridized carbons (Fsp3) is 0.160. The number of ether oxygens (including phenoxy) is 1. The van der Waals surface area contributed by atoms with Crippen molar-refractivity contribution in [1.82, 2.24) is 9.55 Å². The Hall–Kier alpha value is -3.93. The number of para-hydroxylation sites is 2. The maximum Gasteiger partial charge on any atom is 0.338 e. The van der Waals surface area contributed by atoms with Crippen molar-refractivity contribution in [3.8, 4) is 5.69 Å². The van der Waals surface area contributed by atoms with Crippen LogP contribution in [-0.4, -0.2) is 34.6 Å². The Balaban J connectivity index is 1.32. The summed E-state index contributed by atoms with van der Waals surface area (Å²) in [7, 11) is 0. The summed E-state index contributed by atoms with van der Waals surface area (Å²) >= 11 is 0. The molecule has 2 heterocycles. The SMILES string of the molecule is Cc1nc2cc(C(=O)OCC(=O)N3CCc4ccccc43)ccc2n1-c1ccccc1. The Bertz CT molecular complexity index is 1290. The summed E-state index contributed by atoms with van der Waals surface area (Å²) in [6.45, 7) is 2.25. The van der Waals surface area contributed by atoms with E-state index in [2.05, 4.69) is 4.98 Å². The molecule has 1 aliphatic heterocycles. The fourth-order valence-electron chi connectivity index (χ4n) is 4.12. The number of hydrogen-bond acceptors (Lipinski definition) is 4. The topological polar surface area (TPSA) is 64.4 Å². The molecule has 0 aliphatic carbocycles. The van der Waals surface area contributed by atoms with E-state index in [4.69, 9.17) is 4.74 Å². The molecule has 5 rings (SSSR count). The number of amides is 1. The molecule has 154 valence electrons. The average Bonchev–Trinajstić information content (AvgIpc) is 3.37. The van der Waals surface area contributed by atoms with E-state index in [0.29, 0.717) is 17.6 Å². The highest BCUT2D eigenvalue weighted by molar-refractivity contribution is 5.99. The van der Waals surface area contributed by atoms with Gasteiger partial charge in [-0.3, -0.25) is 9.36 Å². The summed E-state index contributed by atoms with van der Waals surface area (Å²) in [5.74, 6) is 0.0767. The number of rotatable bonds is 4. The van der Waals surface area contributed by atoms with Crippen LogP contribution >= 0.6 is 0 Å². The average molecular weight is 411 g/mol. The van der Waals surface area contributed by atoms with Crippen molar-refractivity contribution >= 4 is 28.6 Å². The van der Waals surface area contributed by atoms with Crippen LogP contribution in [0.1, 0.15) is 21.7 Å². The monoisotopic (exact) mass is 411 g/mol. The Morgan fingerprint density at radius 3 is 2.61 bits per heavy atom. The van der Waals surface area contributed by atoms with Gasteiger partial charge in [0.05, 0.1) is 16.6 Å². The van der Waals surface area contributed by atoms with Crippen LogP contribution in [0.3, 0.4) is 0 Å². The second-order valence-electron chi connectivity index (χ2n) is 7.53. The molecule has 1 amide bonds. The standard InChI is InChI=1S/C25H21N3O3/c1-17-26-21-15-19(11-12-23(21)28(17)20-8-3-2-4-9-20)25(30)31-16-24(29)27-14-13-18-7-5-6-10-22(18)27/h2-12,15H,13-14,16H2,1H3. The van der Waals surface area contributed by atoms with Crippen molar-refractivity contribution in [3.05, 3.63) is 89.7 Å². The zero-order valence-corrected chi connectivity index (χ0v) is 17.1. The number of aromatic nitrogens is 2. The molecule has 6 nitrogen and oxygen atoms in total. The highest BCUT2D eigenvalue weighted by Crippen LogP contribution is 2.27. The molecule has 0 unspecified atom stereocenters. The summed E-state index contributed by atoms with van der Waals surface area (Å²) < 4.78 is 7.36. The van der Waals surface area contributed by atoms with Gasteiger partial charge in [-0.15, -0.1) is 0 Å². The third kappa shape index (κ3) is 3.46. The van der Waals surface area contributed by atoms with Crippen LogP contribution in [0, 0.1) is 6.92 Å². The number of carbonyl (C=O) groups excluding carboxylic acids is 2. The predicted molar refractivity (Wildman–Crippen MR) is 119 cm³/mol. The Morgan fingerprint density at radius 1 is 1.00 bits per heavy atom. The molecule has 1 aromatic heterocycles. The molecule has 1 aliphatic rings. The van der Waals surface area contributed by atoms with Crippen LogP contribution < -0.4 is 4.90 Å². The zero-order chi connectivity index (χ0) is 21.4. The Morgan fingerprint density at radius 2 is 1.77 bits per heavy atom. The molecule has 6 heteroatoms. The van der Waals surface area contributed by atoms with Crippen molar-refractivity contribution in [3.63, 3.8) is 0 Å². The lowest BCUT2D eigenvalue weighted by Gasteiger charge is -2.17. The first kappa shape index (κ1) is 19.1. The molecule has 4 aromatic rings. The minimum atomic E-state index is -0.533. The van der Waals surface area contributed by atoms with Gasteiger partial charge in [0, 0.05) is 17.9 Å². The molecule has 0 bridgehead atoms. The maximum atomic E-state index is 12.6. The van der Waals surface area contributed by atoms with E-state index in [1.165, 1.54) is 0 Å². The lowest BCUT2D eigenvalue weighted by atomic mass is 10.2. The number of carbonyl (C=O) groups is 2. The lowest BCUT2D eigenvalue weighted by molar-refractivity contribution is -0.121. The van der Waals surface area contributed by atoms with Gasteiger partial charge in [-0.1, -0.05) is 36.4 Å². The van der Waals surface area contributed by atoms with Crippen LogP contribution in [-0.2, 0) is 16.0 Å². The number of fused-ring (bicyclic) bond motifs is 2. The van der Waals surface area contributed by atoms with Crippen molar-refractivity contribution in [2.45, 2.75) is 13.3 Å². The van der Waals surface area contributed by atoms with Crippen molar-refractivity contribution in [2.75, 3.05) is 18.1 Å². The molecule has 0 fully saturated rings. The normalized spacial score (nSPS) is 12.7.